The zero-order valence-corrected chi connectivity index (χ0v) is 20.4. The Hall–Kier alpha value is -2.11. The number of carbonyl (C=O) groups is 1. The first-order valence-corrected chi connectivity index (χ1v) is 11.8. The Balaban J connectivity index is 1.54. The smallest absolute Gasteiger partial charge is 0.287 e. The van der Waals surface area contributed by atoms with Crippen LogP contribution in [-0.2, 0) is 5.41 Å². The molecule has 1 atom stereocenters. The quantitative estimate of drug-likeness (QED) is 0.459. The average molecular weight is 483 g/mol. The van der Waals surface area contributed by atoms with Crippen molar-refractivity contribution in [1.29, 1.82) is 0 Å². The van der Waals surface area contributed by atoms with Gasteiger partial charge in [-0.1, -0.05) is 61.0 Å². The molecule has 1 aromatic heterocycles. The maximum atomic E-state index is 13.0. The fourth-order valence-electron chi connectivity index (χ4n) is 4.40. The van der Waals surface area contributed by atoms with E-state index in [9.17, 15) is 4.79 Å². The number of likely N-dealkylation sites (tertiary alicyclic amines) is 1. The summed E-state index contributed by atoms with van der Waals surface area (Å²) in [6, 6.07) is 14.9. The molecular weight excluding hydrogens is 452 g/mol. The van der Waals surface area contributed by atoms with Crippen molar-refractivity contribution < 1.29 is 9.21 Å². The van der Waals surface area contributed by atoms with Crippen LogP contribution in [-0.4, -0.2) is 30.4 Å². The molecule has 3 aromatic rings. The summed E-state index contributed by atoms with van der Waals surface area (Å²) < 4.78 is 6.86. The van der Waals surface area contributed by atoms with Gasteiger partial charge in [-0.15, -0.1) is 0 Å². The van der Waals surface area contributed by atoms with Crippen molar-refractivity contribution in [3.8, 4) is 0 Å². The monoisotopic (exact) mass is 482 g/mol. The molecule has 0 unspecified atom stereocenters. The second-order valence-corrected chi connectivity index (χ2v) is 10.5. The lowest BCUT2D eigenvalue weighted by Crippen LogP contribution is -2.37. The number of aryl methyl sites for hydroxylation is 1. The van der Waals surface area contributed by atoms with Crippen LogP contribution >= 0.6 is 15.9 Å². The van der Waals surface area contributed by atoms with Gasteiger partial charge in [0.05, 0.1) is 6.04 Å². The molecule has 2 aromatic carbocycles. The van der Waals surface area contributed by atoms with Crippen molar-refractivity contribution in [2.24, 2.45) is 0 Å². The van der Waals surface area contributed by atoms with Crippen molar-refractivity contribution in [3.63, 3.8) is 0 Å². The van der Waals surface area contributed by atoms with E-state index in [4.69, 9.17) is 4.42 Å². The number of rotatable bonds is 5. The van der Waals surface area contributed by atoms with Crippen LogP contribution in [0, 0.1) is 6.92 Å². The van der Waals surface area contributed by atoms with E-state index >= 15 is 0 Å². The van der Waals surface area contributed by atoms with Gasteiger partial charge in [-0.05, 0) is 67.6 Å². The zero-order valence-electron chi connectivity index (χ0n) is 18.8. The molecule has 0 spiro atoms. The molecule has 0 saturated carbocycles. The molecule has 1 aliphatic heterocycles. The van der Waals surface area contributed by atoms with Crippen molar-refractivity contribution >= 4 is 32.8 Å². The summed E-state index contributed by atoms with van der Waals surface area (Å²) >= 11 is 3.50. The molecule has 4 rings (SSSR count). The average Bonchev–Trinajstić information content (AvgIpc) is 3.37. The van der Waals surface area contributed by atoms with Gasteiger partial charge in [-0.2, -0.15) is 0 Å². The Morgan fingerprint density at radius 3 is 2.45 bits per heavy atom. The molecule has 4 nitrogen and oxygen atoms in total. The van der Waals surface area contributed by atoms with Crippen molar-refractivity contribution in [2.45, 2.75) is 52.0 Å². The molecule has 1 aliphatic rings. The topological polar surface area (TPSA) is 45.5 Å². The number of benzene rings is 2. The minimum absolute atomic E-state index is 0.129. The first-order chi connectivity index (χ1) is 14.7. The number of hydrogen-bond acceptors (Lipinski definition) is 3. The van der Waals surface area contributed by atoms with Crippen LogP contribution in [0.2, 0.25) is 0 Å². The van der Waals surface area contributed by atoms with Crippen molar-refractivity contribution in [1.82, 2.24) is 10.2 Å². The van der Waals surface area contributed by atoms with Crippen LogP contribution in [0.3, 0.4) is 0 Å². The van der Waals surface area contributed by atoms with Crippen LogP contribution in [0.1, 0.15) is 66.9 Å². The lowest BCUT2D eigenvalue weighted by molar-refractivity contribution is 0.0911. The van der Waals surface area contributed by atoms with E-state index in [1.807, 2.05) is 25.1 Å². The summed E-state index contributed by atoms with van der Waals surface area (Å²) in [7, 11) is 0. The van der Waals surface area contributed by atoms with Crippen LogP contribution in [0.5, 0.6) is 0 Å². The highest BCUT2D eigenvalue weighted by molar-refractivity contribution is 9.10. The Morgan fingerprint density at radius 1 is 1.13 bits per heavy atom. The molecule has 164 valence electrons. The molecule has 1 saturated heterocycles. The van der Waals surface area contributed by atoms with Gasteiger partial charge >= 0.3 is 0 Å². The molecule has 5 heteroatoms. The van der Waals surface area contributed by atoms with Gasteiger partial charge in [0, 0.05) is 22.0 Å². The second-order valence-electron chi connectivity index (χ2n) is 9.54. The summed E-state index contributed by atoms with van der Waals surface area (Å²) in [5, 5.41) is 4.12. The summed E-state index contributed by atoms with van der Waals surface area (Å²) in [4.78, 5) is 15.5. The standard InChI is InChI=1S/C26H31BrN2O2/c1-17-21-15-20(27)11-12-23(21)31-24(17)25(30)28-16-22(29-13-5-6-14-29)18-7-9-19(10-8-18)26(2,3)4/h7-12,15,22H,5-6,13-14,16H2,1-4H3,(H,28,30)/t22-/m1/s1. The first kappa shape index (κ1) is 22.1. The number of nitrogens with one attached hydrogen (secondary N) is 1. The van der Waals surface area contributed by atoms with E-state index in [1.54, 1.807) is 0 Å². The van der Waals surface area contributed by atoms with Crippen LogP contribution in [0.4, 0.5) is 0 Å². The molecule has 1 fully saturated rings. The molecule has 0 bridgehead atoms. The third kappa shape index (κ3) is 4.73. The van der Waals surface area contributed by atoms with Crippen LogP contribution in [0.25, 0.3) is 11.0 Å². The number of halogens is 1. The Labute approximate surface area is 193 Å². The highest BCUT2D eigenvalue weighted by Crippen LogP contribution is 2.30. The van der Waals surface area contributed by atoms with E-state index in [0.29, 0.717) is 12.3 Å². The number of nitrogens with zero attached hydrogens (tertiary/aromatic N) is 1. The summed E-state index contributed by atoms with van der Waals surface area (Å²) in [6.07, 6.45) is 2.42. The van der Waals surface area contributed by atoms with E-state index < -0.39 is 0 Å². The number of furan rings is 1. The number of carbonyl (C=O) groups excluding carboxylic acids is 1. The summed E-state index contributed by atoms with van der Waals surface area (Å²) in [6.45, 7) is 11.3. The van der Waals surface area contributed by atoms with Crippen LogP contribution < -0.4 is 5.32 Å². The summed E-state index contributed by atoms with van der Waals surface area (Å²) in [5.74, 6) is 0.247. The number of fused-ring (bicyclic) bond motifs is 1. The molecular formula is C26H31BrN2O2. The van der Waals surface area contributed by atoms with E-state index in [1.165, 1.54) is 24.0 Å². The fraction of sp³-hybridized carbons (Fsp3) is 0.423. The van der Waals surface area contributed by atoms with Gasteiger partial charge < -0.3 is 9.73 Å². The van der Waals surface area contributed by atoms with Gasteiger partial charge in [0.25, 0.3) is 5.91 Å². The predicted octanol–water partition coefficient (Wildman–Crippen LogP) is 6.37. The van der Waals surface area contributed by atoms with Gasteiger partial charge in [0.2, 0.25) is 0 Å². The predicted molar refractivity (Wildman–Crippen MR) is 130 cm³/mol. The maximum absolute atomic E-state index is 13.0. The van der Waals surface area contributed by atoms with E-state index in [0.717, 1.165) is 34.1 Å². The highest BCUT2D eigenvalue weighted by Gasteiger charge is 2.26. The Kier molecular flexibility index (Phi) is 6.27. The highest BCUT2D eigenvalue weighted by atomic mass is 79.9. The second kappa shape index (κ2) is 8.79. The molecule has 31 heavy (non-hydrogen) atoms. The fourth-order valence-corrected chi connectivity index (χ4v) is 4.76. The van der Waals surface area contributed by atoms with E-state index in [-0.39, 0.29) is 17.4 Å². The first-order valence-electron chi connectivity index (χ1n) is 11.1. The summed E-state index contributed by atoms with van der Waals surface area (Å²) in [5.41, 5.74) is 4.31. The van der Waals surface area contributed by atoms with Crippen LogP contribution in [0.15, 0.2) is 51.4 Å². The Morgan fingerprint density at radius 2 is 1.81 bits per heavy atom. The number of hydrogen-bond donors (Lipinski definition) is 1. The minimum Gasteiger partial charge on any atom is -0.451 e. The third-order valence-electron chi connectivity index (χ3n) is 6.30. The van der Waals surface area contributed by atoms with Gasteiger partial charge in [0.1, 0.15) is 5.58 Å². The molecule has 0 radical (unpaired) electrons. The van der Waals surface area contributed by atoms with Gasteiger partial charge in [-0.3, -0.25) is 9.69 Å². The van der Waals surface area contributed by atoms with Gasteiger partial charge in [0.15, 0.2) is 5.76 Å². The lowest BCUT2D eigenvalue weighted by Gasteiger charge is -2.29. The third-order valence-corrected chi connectivity index (χ3v) is 6.80. The molecule has 1 N–H and O–H groups in total. The van der Waals surface area contributed by atoms with Crippen molar-refractivity contribution in [2.75, 3.05) is 19.6 Å². The van der Waals surface area contributed by atoms with Crippen molar-refractivity contribution in [3.05, 3.63) is 69.4 Å². The molecule has 2 heterocycles. The SMILES string of the molecule is Cc1c(C(=O)NC[C@H](c2ccc(C(C)(C)C)cc2)N2CCCC2)oc2ccc(Br)cc12. The molecule has 0 aliphatic carbocycles. The minimum atomic E-state index is -0.152. The number of amides is 1. The Bertz CT molecular complexity index is 1070. The maximum Gasteiger partial charge on any atom is 0.287 e. The lowest BCUT2D eigenvalue weighted by atomic mass is 9.86. The molecule has 1 amide bonds. The largest absolute Gasteiger partial charge is 0.451 e. The van der Waals surface area contributed by atoms with Gasteiger partial charge in [-0.25, -0.2) is 0 Å². The van der Waals surface area contributed by atoms with E-state index in [2.05, 4.69) is 71.2 Å². The zero-order chi connectivity index (χ0) is 22.2. The normalized spacial score (nSPS) is 16.0.